The van der Waals surface area contributed by atoms with E-state index in [-0.39, 0.29) is 5.82 Å². The second kappa shape index (κ2) is 3.98. The monoisotopic (exact) mass is 223 g/mol. The van der Waals surface area contributed by atoms with Crippen LogP contribution < -0.4 is 0 Å². The Morgan fingerprint density at radius 3 is 2.41 bits per heavy atom. The lowest BCUT2D eigenvalue weighted by atomic mass is 10.0. The lowest BCUT2D eigenvalue weighted by molar-refractivity contribution is 0.628. The van der Waals surface area contributed by atoms with E-state index in [1.54, 1.807) is 18.3 Å². The van der Waals surface area contributed by atoms with E-state index in [0.29, 0.717) is 0 Å². The molecule has 0 atom stereocenters. The third-order valence-corrected chi connectivity index (χ3v) is 2.79. The van der Waals surface area contributed by atoms with Gasteiger partial charge in [-0.15, -0.1) is 0 Å². The zero-order valence-electron chi connectivity index (χ0n) is 9.10. The minimum Gasteiger partial charge on any atom is -0.256 e. The SMILES string of the molecule is Fc1ccc(-c2cccc3cccnc23)cc1. The summed E-state index contributed by atoms with van der Waals surface area (Å²) in [6, 6.07) is 16.4. The highest BCUT2D eigenvalue weighted by Gasteiger charge is 2.04. The topological polar surface area (TPSA) is 12.9 Å². The summed E-state index contributed by atoms with van der Waals surface area (Å²) in [4.78, 5) is 4.39. The van der Waals surface area contributed by atoms with E-state index in [2.05, 4.69) is 4.98 Å². The summed E-state index contributed by atoms with van der Waals surface area (Å²) in [6.45, 7) is 0. The molecule has 0 spiro atoms. The van der Waals surface area contributed by atoms with Crippen molar-refractivity contribution in [3.8, 4) is 11.1 Å². The highest BCUT2D eigenvalue weighted by Crippen LogP contribution is 2.26. The summed E-state index contributed by atoms with van der Waals surface area (Å²) >= 11 is 0. The maximum Gasteiger partial charge on any atom is 0.123 e. The third-order valence-electron chi connectivity index (χ3n) is 2.79. The Morgan fingerprint density at radius 2 is 1.59 bits per heavy atom. The molecule has 2 heteroatoms. The standard InChI is InChI=1S/C15H10FN/c16-13-8-6-11(7-9-13)14-5-1-3-12-4-2-10-17-15(12)14/h1-10H. The third kappa shape index (κ3) is 1.78. The number of hydrogen-bond acceptors (Lipinski definition) is 1. The largest absolute Gasteiger partial charge is 0.256 e. The maximum absolute atomic E-state index is 12.9. The molecule has 0 N–H and O–H groups in total. The van der Waals surface area contributed by atoms with E-state index in [0.717, 1.165) is 22.0 Å². The number of pyridine rings is 1. The first-order valence-electron chi connectivity index (χ1n) is 5.44. The molecule has 0 saturated carbocycles. The average molecular weight is 223 g/mol. The Bertz CT molecular complexity index is 654. The van der Waals surface area contributed by atoms with Gasteiger partial charge in [-0.25, -0.2) is 4.39 Å². The summed E-state index contributed by atoms with van der Waals surface area (Å²) < 4.78 is 12.9. The normalized spacial score (nSPS) is 10.6. The Morgan fingerprint density at radius 1 is 0.824 bits per heavy atom. The molecule has 1 nitrogen and oxygen atoms in total. The highest BCUT2D eigenvalue weighted by atomic mass is 19.1. The molecule has 2 aromatic carbocycles. The fourth-order valence-corrected chi connectivity index (χ4v) is 1.97. The number of halogens is 1. The van der Waals surface area contributed by atoms with E-state index >= 15 is 0 Å². The Labute approximate surface area is 98.6 Å². The molecule has 3 aromatic rings. The number of aromatic nitrogens is 1. The molecule has 17 heavy (non-hydrogen) atoms. The minimum absolute atomic E-state index is 0.220. The summed E-state index contributed by atoms with van der Waals surface area (Å²) in [7, 11) is 0. The second-order valence-electron chi connectivity index (χ2n) is 3.89. The molecule has 0 bridgehead atoms. The van der Waals surface area contributed by atoms with E-state index in [1.165, 1.54) is 12.1 Å². The van der Waals surface area contributed by atoms with Crippen molar-refractivity contribution in [1.29, 1.82) is 0 Å². The van der Waals surface area contributed by atoms with Crippen LogP contribution in [0.2, 0.25) is 0 Å². The van der Waals surface area contributed by atoms with Crippen molar-refractivity contribution >= 4 is 10.9 Å². The molecule has 1 heterocycles. The van der Waals surface area contributed by atoms with E-state index < -0.39 is 0 Å². The summed E-state index contributed by atoms with van der Waals surface area (Å²) in [5, 5.41) is 1.09. The van der Waals surface area contributed by atoms with Gasteiger partial charge in [0.1, 0.15) is 5.82 Å². The van der Waals surface area contributed by atoms with Crippen molar-refractivity contribution in [1.82, 2.24) is 4.98 Å². The van der Waals surface area contributed by atoms with Gasteiger partial charge in [-0.1, -0.05) is 36.4 Å². The van der Waals surface area contributed by atoms with Crippen LogP contribution in [0.5, 0.6) is 0 Å². The molecule has 0 amide bonds. The molecule has 3 rings (SSSR count). The Balaban J connectivity index is 2.27. The van der Waals surface area contributed by atoms with Gasteiger partial charge in [-0.2, -0.15) is 0 Å². The van der Waals surface area contributed by atoms with Crippen LogP contribution in [0, 0.1) is 5.82 Å². The lowest BCUT2D eigenvalue weighted by Crippen LogP contribution is -1.84. The van der Waals surface area contributed by atoms with Crippen LogP contribution in [0.3, 0.4) is 0 Å². The molecule has 0 fully saturated rings. The van der Waals surface area contributed by atoms with Gasteiger partial charge in [0.15, 0.2) is 0 Å². The van der Waals surface area contributed by atoms with Gasteiger partial charge in [0.25, 0.3) is 0 Å². The molecular formula is C15H10FN. The first kappa shape index (κ1) is 9.97. The maximum atomic E-state index is 12.9. The van der Waals surface area contributed by atoms with Gasteiger partial charge >= 0.3 is 0 Å². The average Bonchev–Trinajstić information content (AvgIpc) is 2.39. The van der Waals surface area contributed by atoms with Crippen molar-refractivity contribution in [2.24, 2.45) is 0 Å². The number of benzene rings is 2. The lowest BCUT2D eigenvalue weighted by Gasteiger charge is -2.05. The molecule has 0 aliphatic heterocycles. The van der Waals surface area contributed by atoms with Crippen molar-refractivity contribution in [2.45, 2.75) is 0 Å². The predicted molar refractivity (Wildman–Crippen MR) is 67.1 cm³/mol. The van der Waals surface area contributed by atoms with Crippen LogP contribution in [0.1, 0.15) is 0 Å². The van der Waals surface area contributed by atoms with Crippen molar-refractivity contribution in [2.75, 3.05) is 0 Å². The molecule has 82 valence electrons. The van der Waals surface area contributed by atoms with Crippen LogP contribution in [-0.2, 0) is 0 Å². The minimum atomic E-state index is -0.220. The number of para-hydroxylation sites is 1. The van der Waals surface area contributed by atoms with Crippen LogP contribution in [0.4, 0.5) is 4.39 Å². The molecule has 0 aliphatic rings. The Kier molecular flexibility index (Phi) is 2.33. The first-order chi connectivity index (χ1) is 8.34. The van der Waals surface area contributed by atoms with E-state index in [9.17, 15) is 4.39 Å². The van der Waals surface area contributed by atoms with Crippen LogP contribution in [0.25, 0.3) is 22.0 Å². The van der Waals surface area contributed by atoms with Gasteiger partial charge in [-0.05, 0) is 23.8 Å². The molecular weight excluding hydrogens is 213 g/mol. The zero-order chi connectivity index (χ0) is 11.7. The van der Waals surface area contributed by atoms with Crippen LogP contribution >= 0.6 is 0 Å². The quantitative estimate of drug-likeness (QED) is 0.606. The molecule has 0 aliphatic carbocycles. The second-order valence-corrected chi connectivity index (χ2v) is 3.89. The predicted octanol–water partition coefficient (Wildman–Crippen LogP) is 4.04. The van der Waals surface area contributed by atoms with Gasteiger partial charge in [-0.3, -0.25) is 4.98 Å². The summed E-state index contributed by atoms with van der Waals surface area (Å²) in [6.07, 6.45) is 1.77. The van der Waals surface area contributed by atoms with Crippen LogP contribution in [0.15, 0.2) is 60.8 Å². The molecule has 0 unspecified atom stereocenters. The molecule has 0 radical (unpaired) electrons. The van der Waals surface area contributed by atoms with Gasteiger partial charge in [0.2, 0.25) is 0 Å². The van der Waals surface area contributed by atoms with Gasteiger partial charge in [0, 0.05) is 17.1 Å². The van der Waals surface area contributed by atoms with Crippen molar-refractivity contribution in [3.63, 3.8) is 0 Å². The number of rotatable bonds is 1. The highest BCUT2D eigenvalue weighted by molar-refractivity contribution is 5.93. The first-order valence-corrected chi connectivity index (χ1v) is 5.44. The number of hydrogen-bond donors (Lipinski definition) is 0. The molecule has 0 saturated heterocycles. The van der Waals surface area contributed by atoms with Gasteiger partial charge in [0.05, 0.1) is 5.52 Å². The smallest absolute Gasteiger partial charge is 0.123 e. The summed E-state index contributed by atoms with van der Waals surface area (Å²) in [5.41, 5.74) is 2.96. The Hall–Kier alpha value is -2.22. The van der Waals surface area contributed by atoms with Crippen molar-refractivity contribution in [3.05, 3.63) is 66.6 Å². The number of nitrogens with zero attached hydrogens (tertiary/aromatic N) is 1. The van der Waals surface area contributed by atoms with Crippen molar-refractivity contribution < 1.29 is 4.39 Å². The van der Waals surface area contributed by atoms with E-state index in [1.807, 2.05) is 30.3 Å². The summed E-state index contributed by atoms with van der Waals surface area (Å²) in [5.74, 6) is -0.220. The van der Waals surface area contributed by atoms with Crippen LogP contribution in [-0.4, -0.2) is 4.98 Å². The fourth-order valence-electron chi connectivity index (χ4n) is 1.97. The molecule has 1 aromatic heterocycles. The van der Waals surface area contributed by atoms with Gasteiger partial charge < -0.3 is 0 Å². The van der Waals surface area contributed by atoms with E-state index in [4.69, 9.17) is 0 Å². The zero-order valence-corrected chi connectivity index (χ0v) is 9.10. The number of fused-ring (bicyclic) bond motifs is 1. The fraction of sp³-hybridized carbons (Fsp3) is 0.